The Bertz CT molecular complexity index is 1980. The van der Waals surface area contributed by atoms with Crippen molar-refractivity contribution in [1.82, 2.24) is 4.57 Å². The Labute approximate surface area is 249 Å². The molecule has 1 heteroatoms. The van der Waals surface area contributed by atoms with Gasteiger partial charge in [-0.2, -0.15) is 0 Å². The Balaban J connectivity index is 0.000000269. The summed E-state index contributed by atoms with van der Waals surface area (Å²) in [7, 11) is 0. The molecule has 0 atom stereocenters. The maximum Gasteiger partial charge on any atom is 0.0528 e. The van der Waals surface area contributed by atoms with Crippen molar-refractivity contribution < 1.29 is 0 Å². The van der Waals surface area contributed by atoms with Gasteiger partial charge in [0.25, 0.3) is 0 Å². The maximum absolute atomic E-state index is 5.67. The van der Waals surface area contributed by atoms with Crippen molar-refractivity contribution in [3.63, 3.8) is 0 Å². The van der Waals surface area contributed by atoms with E-state index in [1.165, 1.54) is 61.1 Å². The van der Waals surface area contributed by atoms with E-state index in [1.807, 2.05) is 19.1 Å². The summed E-state index contributed by atoms with van der Waals surface area (Å²) in [4.78, 5) is 0. The number of hydrogen-bond donors (Lipinski definition) is 0. The van der Waals surface area contributed by atoms with Crippen LogP contribution in [0.15, 0.2) is 128 Å². The lowest BCUT2D eigenvalue weighted by Gasteiger charge is -2.22. The highest BCUT2D eigenvalue weighted by Crippen LogP contribution is 2.50. The molecule has 0 amide bonds. The van der Waals surface area contributed by atoms with Crippen LogP contribution in [0.25, 0.3) is 44.9 Å². The predicted molar refractivity (Wildman–Crippen MR) is 180 cm³/mol. The highest BCUT2D eigenvalue weighted by atomic mass is 15.0. The molecule has 6 aromatic rings. The van der Waals surface area contributed by atoms with E-state index in [0.717, 1.165) is 5.56 Å². The summed E-state index contributed by atoms with van der Waals surface area (Å²) < 4.78 is 2.24. The van der Waals surface area contributed by atoms with Crippen LogP contribution in [0.4, 0.5) is 0 Å². The fourth-order valence-corrected chi connectivity index (χ4v) is 6.10. The largest absolute Gasteiger partial charge is 0.317 e. The van der Waals surface area contributed by atoms with Crippen molar-refractivity contribution in [2.24, 2.45) is 0 Å². The summed E-state index contributed by atoms with van der Waals surface area (Å²) in [6, 6.07) is 41.1. The molecule has 7 rings (SSSR count). The number of allylic oxidation sites excluding steroid dienone is 1. The van der Waals surface area contributed by atoms with Gasteiger partial charge in [-0.15, -0.1) is 6.42 Å². The Morgan fingerprint density at radius 3 is 2.12 bits per heavy atom. The first-order valence-corrected chi connectivity index (χ1v) is 14.5. The van der Waals surface area contributed by atoms with Gasteiger partial charge in [0.2, 0.25) is 0 Å². The van der Waals surface area contributed by atoms with Gasteiger partial charge in [-0.05, 0) is 107 Å². The molecule has 0 bridgehead atoms. The molecular weight excluding hydrogens is 506 g/mol. The zero-order valence-electron chi connectivity index (χ0n) is 24.7. The minimum Gasteiger partial charge on any atom is -0.317 e. The Kier molecular flexibility index (Phi) is 7.15. The van der Waals surface area contributed by atoms with Crippen LogP contribution in [0, 0.1) is 19.3 Å². The summed E-state index contributed by atoms with van der Waals surface area (Å²) in [5, 5.41) is 1.24. The molecule has 0 fully saturated rings. The van der Waals surface area contributed by atoms with Crippen LogP contribution in [-0.2, 0) is 5.41 Å². The van der Waals surface area contributed by atoms with Crippen molar-refractivity contribution in [2.45, 2.75) is 33.1 Å². The SMILES string of the molecule is C#Cc1ccc2c(c1)C(C)(C)c1cc(-c3ccc4c(ccn4-c4ccccc4)c3)ccc1-2.C/C=C\c1ccccc1C. The van der Waals surface area contributed by atoms with E-state index >= 15 is 0 Å². The van der Waals surface area contributed by atoms with Gasteiger partial charge in [0, 0.05) is 28.2 Å². The maximum atomic E-state index is 5.67. The Morgan fingerprint density at radius 2 is 1.38 bits per heavy atom. The lowest BCUT2D eigenvalue weighted by molar-refractivity contribution is 0.660. The van der Waals surface area contributed by atoms with Crippen molar-refractivity contribution >= 4 is 17.0 Å². The smallest absolute Gasteiger partial charge is 0.0528 e. The van der Waals surface area contributed by atoms with E-state index in [-0.39, 0.29) is 5.41 Å². The number of terminal acetylenes is 1. The molecule has 0 unspecified atom stereocenters. The molecule has 0 aliphatic heterocycles. The van der Waals surface area contributed by atoms with Gasteiger partial charge >= 0.3 is 0 Å². The van der Waals surface area contributed by atoms with Gasteiger partial charge in [-0.1, -0.05) is 98.6 Å². The fraction of sp³-hybridized carbons (Fsp3) is 0.122. The predicted octanol–water partition coefficient (Wildman–Crippen LogP) is 10.6. The van der Waals surface area contributed by atoms with Crippen molar-refractivity contribution in [3.05, 3.63) is 155 Å². The minimum absolute atomic E-state index is 0.0751. The third-order valence-corrected chi connectivity index (χ3v) is 8.44. The number of para-hydroxylation sites is 1. The number of rotatable bonds is 3. The van der Waals surface area contributed by atoms with Crippen molar-refractivity contribution in [1.29, 1.82) is 0 Å². The molecule has 1 nitrogen and oxygen atoms in total. The van der Waals surface area contributed by atoms with Gasteiger partial charge in [-0.25, -0.2) is 0 Å². The highest BCUT2D eigenvalue weighted by molar-refractivity contribution is 5.89. The third-order valence-electron chi connectivity index (χ3n) is 8.44. The summed E-state index contributed by atoms with van der Waals surface area (Å²) in [6.45, 7) is 8.75. The van der Waals surface area contributed by atoms with Gasteiger partial charge in [0.15, 0.2) is 0 Å². The number of aryl methyl sites for hydroxylation is 1. The molecule has 0 N–H and O–H groups in total. The molecule has 204 valence electrons. The molecule has 0 saturated carbocycles. The average Bonchev–Trinajstić information content (AvgIpc) is 3.55. The van der Waals surface area contributed by atoms with Gasteiger partial charge < -0.3 is 4.57 Å². The van der Waals surface area contributed by atoms with E-state index in [0.29, 0.717) is 0 Å². The number of hydrogen-bond acceptors (Lipinski definition) is 0. The van der Waals surface area contributed by atoms with Gasteiger partial charge in [0.1, 0.15) is 0 Å². The number of benzene rings is 5. The quantitative estimate of drug-likeness (QED) is 0.196. The van der Waals surface area contributed by atoms with Gasteiger partial charge in [-0.3, -0.25) is 0 Å². The summed E-state index contributed by atoms with van der Waals surface area (Å²) in [6.07, 6.45) is 12.0. The van der Waals surface area contributed by atoms with Crippen molar-refractivity contribution in [3.8, 4) is 40.3 Å². The third kappa shape index (κ3) is 4.87. The molecule has 42 heavy (non-hydrogen) atoms. The first kappa shape index (κ1) is 27.1. The van der Waals surface area contributed by atoms with Crippen molar-refractivity contribution in [2.75, 3.05) is 0 Å². The molecule has 1 aliphatic rings. The summed E-state index contributed by atoms with van der Waals surface area (Å²) in [5.41, 5.74) is 13.7. The Morgan fingerprint density at radius 1 is 0.714 bits per heavy atom. The highest BCUT2D eigenvalue weighted by Gasteiger charge is 2.35. The minimum atomic E-state index is -0.0751. The van der Waals surface area contributed by atoms with Crippen LogP contribution in [0.1, 0.15) is 48.6 Å². The topological polar surface area (TPSA) is 4.93 Å². The second-order valence-corrected chi connectivity index (χ2v) is 11.4. The second-order valence-electron chi connectivity index (χ2n) is 11.4. The van der Waals surface area contributed by atoms with E-state index in [1.54, 1.807) is 0 Å². The first-order chi connectivity index (χ1) is 20.4. The van der Waals surface area contributed by atoms with E-state index in [2.05, 4.69) is 153 Å². The van der Waals surface area contributed by atoms with E-state index in [4.69, 9.17) is 6.42 Å². The Hall–Kier alpha value is -5.06. The molecule has 0 saturated heterocycles. The normalized spacial score (nSPS) is 12.8. The number of nitrogens with zero attached hydrogens (tertiary/aromatic N) is 1. The zero-order valence-corrected chi connectivity index (χ0v) is 24.7. The lowest BCUT2D eigenvalue weighted by Crippen LogP contribution is -2.15. The van der Waals surface area contributed by atoms with E-state index < -0.39 is 0 Å². The molecule has 1 aromatic heterocycles. The van der Waals surface area contributed by atoms with Crippen LogP contribution in [-0.4, -0.2) is 4.57 Å². The molecular formula is C41H35N. The van der Waals surface area contributed by atoms with Gasteiger partial charge in [0.05, 0.1) is 5.52 Å². The number of fused-ring (bicyclic) bond motifs is 4. The molecule has 0 spiro atoms. The molecule has 5 aromatic carbocycles. The fourth-order valence-electron chi connectivity index (χ4n) is 6.10. The molecule has 1 aliphatic carbocycles. The van der Waals surface area contributed by atoms with Crippen LogP contribution in [0.2, 0.25) is 0 Å². The first-order valence-electron chi connectivity index (χ1n) is 14.5. The molecule has 0 radical (unpaired) electrons. The lowest BCUT2D eigenvalue weighted by atomic mass is 9.81. The molecule has 1 heterocycles. The second kappa shape index (κ2) is 11.1. The van der Waals surface area contributed by atoms with Crippen LogP contribution in [0.5, 0.6) is 0 Å². The average molecular weight is 542 g/mol. The summed E-state index contributed by atoms with van der Waals surface area (Å²) in [5.74, 6) is 2.79. The van der Waals surface area contributed by atoms with Crippen LogP contribution >= 0.6 is 0 Å². The van der Waals surface area contributed by atoms with Crippen LogP contribution in [0.3, 0.4) is 0 Å². The monoisotopic (exact) mass is 541 g/mol. The zero-order chi connectivity index (χ0) is 29.3. The van der Waals surface area contributed by atoms with E-state index in [9.17, 15) is 0 Å². The standard InChI is InChI=1S/C31H23N.C10H12/c1-4-21-10-13-26-27-14-11-23(20-29(27)31(2,3)28(26)18-21)22-12-15-30-24(19-22)16-17-32(30)25-8-6-5-7-9-25;1-3-6-10-8-5-4-7-9(10)2/h1,5-20H,2-3H3;3-8H,1-2H3/b;6-3-. The summed E-state index contributed by atoms with van der Waals surface area (Å²) >= 11 is 0. The van der Waals surface area contributed by atoms with Crippen LogP contribution < -0.4 is 0 Å². The number of aromatic nitrogens is 1.